The van der Waals surface area contributed by atoms with Crippen molar-refractivity contribution in [3.05, 3.63) is 95.8 Å². The highest BCUT2D eigenvalue weighted by molar-refractivity contribution is 7.99. The molecular weight excluding hydrogens is 516 g/mol. The Kier molecular flexibility index (Phi) is 10.0. The van der Waals surface area contributed by atoms with E-state index in [-0.39, 0.29) is 17.6 Å². The first-order valence-corrected chi connectivity index (χ1v) is 14.4. The minimum atomic E-state index is -0.358. The van der Waals surface area contributed by atoms with E-state index < -0.39 is 0 Å². The Hall–Kier alpha value is -3.56. The van der Waals surface area contributed by atoms with Crippen LogP contribution in [0.3, 0.4) is 0 Å². The second-order valence-corrected chi connectivity index (χ2v) is 10.6. The lowest BCUT2D eigenvalue weighted by molar-refractivity contribution is -0.113. The third-order valence-corrected chi connectivity index (χ3v) is 7.51. The Bertz CT molecular complexity index is 1340. The van der Waals surface area contributed by atoms with Crippen molar-refractivity contribution in [2.24, 2.45) is 0 Å². The molecule has 1 N–H and O–H groups in total. The topological polar surface area (TPSA) is 86.1 Å². The number of nitrogens with zero attached hydrogens (tertiary/aromatic N) is 3. The van der Waals surface area contributed by atoms with Gasteiger partial charge in [-0.15, -0.1) is 22.0 Å². The molecule has 7 nitrogen and oxygen atoms in total. The van der Waals surface area contributed by atoms with Crippen LogP contribution in [0.5, 0.6) is 0 Å². The number of esters is 1. The standard InChI is InChI=1S/C29H30N4O3S2/c1-3-4-18-36-28(35)22-12-14-23(15-13-22)30-27(34)20-38-29-32-31-26(33(29)24-8-6-5-7-9-24)19-37-25-16-10-21(2)11-17-25/h5-17H,3-4,18-20H2,1-2H3,(H,30,34). The van der Waals surface area contributed by atoms with E-state index in [1.807, 2.05) is 41.8 Å². The summed E-state index contributed by atoms with van der Waals surface area (Å²) in [5, 5.41) is 12.3. The summed E-state index contributed by atoms with van der Waals surface area (Å²) < 4.78 is 7.23. The van der Waals surface area contributed by atoms with Gasteiger partial charge < -0.3 is 10.1 Å². The van der Waals surface area contributed by atoms with Crippen molar-refractivity contribution in [1.82, 2.24) is 14.8 Å². The Labute approximate surface area is 231 Å². The van der Waals surface area contributed by atoms with Gasteiger partial charge in [-0.05, 0) is 61.9 Å². The number of amides is 1. The summed E-state index contributed by atoms with van der Waals surface area (Å²) in [5.74, 6) is 1.09. The van der Waals surface area contributed by atoms with Crippen molar-refractivity contribution in [3.8, 4) is 5.69 Å². The number of hydrogen-bond donors (Lipinski definition) is 1. The third-order valence-electron chi connectivity index (χ3n) is 5.57. The zero-order valence-electron chi connectivity index (χ0n) is 21.4. The number of thioether (sulfide) groups is 2. The van der Waals surface area contributed by atoms with Gasteiger partial charge in [0.2, 0.25) is 5.91 Å². The van der Waals surface area contributed by atoms with Gasteiger partial charge in [0.05, 0.1) is 23.7 Å². The second kappa shape index (κ2) is 13.8. The van der Waals surface area contributed by atoms with Gasteiger partial charge in [-0.2, -0.15) is 0 Å². The van der Waals surface area contributed by atoms with Gasteiger partial charge in [0, 0.05) is 16.3 Å². The molecule has 0 unspecified atom stereocenters. The minimum Gasteiger partial charge on any atom is -0.462 e. The molecule has 4 aromatic rings. The average Bonchev–Trinajstić information content (AvgIpc) is 3.35. The molecule has 1 amide bonds. The SMILES string of the molecule is CCCCOC(=O)c1ccc(NC(=O)CSc2nnc(CSc3ccc(C)cc3)n2-c2ccccc2)cc1. The maximum atomic E-state index is 12.7. The molecule has 9 heteroatoms. The van der Waals surface area contributed by atoms with E-state index >= 15 is 0 Å². The van der Waals surface area contributed by atoms with E-state index in [0.29, 0.717) is 28.8 Å². The van der Waals surface area contributed by atoms with Gasteiger partial charge in [-0.1, -0.05) is 61.0 Å². The zero-order chi connectivity index (χ0) is 26.7. The maximum absolute atomic E-state index is 12.7. The van der Waals surface area contributed by atoms with Crippen molar-refractivity contribution in [2.45, 2.75) is 42.5 Å². The molecule has 4 rings (SSSR count). The highest BCUT2D eigenvalue weighted by atomic mass is 32.2. The van der Waals surface area contributed by atoms with E-state index in [4.69, 9.17) is 4.74 Å². The molecular formula is C29H30N4O3S2. The number of benzene rings is 3. The lowest BCUT2D eigenvalue weighted by Crippen LogP contribution is -2.15. The first-order valence-electron chi connectivity index (χ1n) is 12.4. The van der Waals surface area contributed by atoms with Crippen molar-refractivity contribution >= 4 is 41.1 Å². The van der Waals surface area contributed by atoms with Gasteiger partial charge in [-0.3, -0.25) is 9.36 Å². The number of carbonyl (C=O) groups is 2. The van der Waals surface area contributed by atoms with Gasteiger partial charge in [0.25, 0.3) is 0 Å². The summed E-state index contributed by atoms with van der Waals surface area (Å²) >= 11 is 3.02. The highest BCUT2D eigenvalue weighted by Crippen LogP contribution is 2.27. The molecule has 38 heavy (non-hydrogen) atoms. The Morgan fingerprint density at radius 3 is 2.37 bits per heavy atom. The number of hydrogen-bond acceptors (Lipinski definition) is 7. The molecule has 1 heterocycles. The third kappa shape index (κ3) is 7.72. The van der Waals surface area contributed by atoms with E-state index in [1.54, 1.807) is 36.0 Å². The summed E-state index contributed by atoms with van der Waals surface area (Å²) in [7, 11) is 0. The van der Waals surface area contributed by atoms with Gasteiger partial charge >= 0.3 is 5.97 Å². The molecule has 0 saturated carbocycles. The molecule has 0 radical (unpaired) electrons. The van der Waals surface area contributed by atoms with Gasteiger partial charge in [-0.25, -0.2) is 4.79 Å². The van der Waals surface area contributed by atoms with Crippen LogP contribution < -0.4 is 5.32 Å². The first-order chi connectivity index (χ1) is 18.5. The van der Waals surface area contributed by atoms with Crippen LogP contribution in [0.15, 0.2) is 88.9 Å². The number of unbranched alkanes of at least 4 members (excludes halogenated alkanes) is 1. The molecule has 0 saturated heterocycles. The number of para-hydroxylation sites is 1. The molecule has 196 valence electrons. The average molecular weight is 547 g/mol. The lowest BCUT2D eigenvalue weighted by atomic mass is 10.2. The van der Waals surface area contributed by atoms with Crippen LogP contribution in [-0.2, 0) is 15.3 Å². The van der Waals surface area contributed by atoms with E-state index in [0.717, 1.165) is 29.2 Å². The molecule has 0 aliphatic rings. The summed E-state index contributed by atoms with van der Waals surface area (Å²) in [4.78, 5) is 25.9. The first kappa shape index (κ1) is 27.5. The van der Waals surface area contributed by atoms with Crippen LogP contribution in [0.4, 0.5) is 5.69 Å². The monoisotopic (exact) mass is 546 g/mol. The molecule has 0 spiro atoms. The predicted octanol–water partition coefficient (Wildman–Crippen LogP) is 6.56. The second-order valence-electron chi connectivity index (χ2n) is 8.58. The molecule has 0 aliphatic carbocycles. The molecule has 0 fully saturated rings. The van der Waals surface area contributed by atoms with Crippen molar-refractivity contribution in [2.75, 3.05) is 17.7 Å². The zero-order valence-corrected chi connectivity index (χ0v) is 23.1. The smallest absolute Gasteiger partial charge is 0.338 e. The van der Waals surface area contributed by atoms with Gasteiger partial charge in [0.15, 0.2) is 5.16 Å². The van der Waals surface area contributed by atoms with Crippen LogP contribution in [-0.4, -0.2) is 39.0 Å². The summed E-state index contributed by atoms with van der Waals surface area (Å²) in [6.45, 7) is 4.52. The van der Waals surface area contributed by atoms with Crippen LogP contribution >= 0.6 is 23.5 Å². The molecule has 1 aromatic heterocycles. The minimum absolute atomic E-state index is 0.164. The highest BCUT2D eigenvalue weighted by Gasteiger charge is 2.16. The van der Waals surface area contributed by atoms with Crippen LogP contribution in [0, 0.1) is 6.92 Å². The Morgan fingerprint density at radius 2 is 1.66 bits per heavy atom. The molecule has 0 atom stereocenters. The van der Waals surface area contributed by atoms with Crippen molar-refractivity contribution in [3.63, 3.8) is 0 Å². The maximum Gasteiger partial charge on any atom is 0.338 e. The van der Waals surface area contributed by atoms with Crippen molar-refractivity contribution < 1.29 is 14.3 Å². The number of ether oxygens (including phenoxy) is 1. The van der Waals surface area contributed by atoms with Crippen LogP contribution in [0.1, 0.15) is 41.5 Å². The quantitative estimate of drug-likeness (QED) is 0.122. The molecule has 3 aromatic carbocycles. The van der Waals surface area contributed by atoms with Crippen LogP contribution in [0.2, 0.25) is 0 Å². The number of nitrogens with one attached hydrogen (secondary N) is 1. The molecule has 0 bridgehead atoms. The summed E-state index contributed by atoms with van der Waals surface area (Å²) in [6.07, 6.45) is 1.80. The number of aryl methyl sites for hydroxylation is 1. The number of carbonyl (C=O) groups excluding carboxylic acids is 2. The summed E-state index contributed by atoms with van der Waals surface area (Å²) in [5.41, 5.74) is 3.24. The number of rotatable bonds is 12. The fourth-order valence-electron chi connectivity index (χ4n) is 3.52. The largest absolute Gasteiger partial charge is 0.462 e. The fraction of sp³-hybridized carbons (Fsp3) is 0.241. The Balaban J connectivity index is 1.38. The van der Waals surface area contributed by atoms with Crippen LogP contribution in [0.25, 0.3) is 5.69 Å². The number of aromatic nitrogens is 3. The summed E-state index contributed by atoms with van der Waals surface area (Å²) in [6, 6.07) is 25.0. The van der Waals surface area contributed by atoms with Crippen molar-refractivity contribution in [1.29, 1.82) is 0 Å². The van der Waals surface area contributed by atoms with Gasteiger partial charge in [0.1, 0.15) is 5.82 Å². The predicted molar refractivity (Wildman–Crippen MR) is 153 cm³/mol. The normalized spacial score (nSPS) is 10.8. The molecule has 0 aliphatic heterocycles. The van der Waals surface area contributed by atoms with E-state index in [9.17, 15) is 9.59 Å². The van der Waals surface area contributed by atoms with E-state index in [1.165, 1.54) is 17.3 Å². The van der Waals surface area contributed by atoms with E-state index in [2.05, 4.69) is 46.7 Å². The number of anilines is 1. The lowest BCUT2D eigenvalue weighted by Gasteiger charge is -2.10. The Morgan fingerprint density at radius 1 is 0.921 bits per heavy atom. The fourth-order valence-corrected chi connectivity index (χ4v) is 5.10.